The van der Waals surface area contributed by atoms with E-state index < -0.39 is 0 Å². The number of thiophene rings is 1. The molecule has 0 aromatic carbocycles. The summed E-state index contributed by atoms with van der Waals surface area (Å²) < 4.78 is 0. The fourth-order valence-corrected chi connectivity index (χ4v) is 3.21. The summed E-state index contributed by atoms with van der Waals surface area (Å²) >= 11 is 1.81. The SMILES string of the molecule is CCC(NCc1c[nH]c2ncccc12)c1cccs1. The maximum atomic E-state index is 4.32. The van der Waals surface area contributed by atoms with Crippen LogP contribution < -0.4 is 5.32 Å². The molecule has 1 atom stereocenters. The van der Waals surface area contributed by atoms with Crippen molar-refractivity contribution in [3.05, 3.63) is 52.5 Å². The molecule has 3 heterocycles. The summed E-state index contributed by atoms with van der Waals surface area (Å²) in [5.74, 6) is 0. The second-order valence-corrected chi connectivity index (χ2v) is 5.55. The summed E-state index contributed by atoms with van der Waals surface area (Å²) in [5, 5.41) is 6.97. The Morgan fingerprint density at radius 1 is 1.37 bits per heavy atom. The molecule has 19 heavy (non-hydrogen) atoms. The molecule has 1 unspecified atom stereocenters. The van der Waals surface area contributed by atoms with Crippen LogP contribution in [0, 0.1) is 0 Å². The third kappa shape index (κ3) is 2.55. The second kappa shape index (κ2) is 5.55. The summed E-state index contributed by atoms with van der Waals surface area (Å²) in [4.78, 5) is 8.94. The minimum atomic E-state index is 0.432. The third-order valence-corrected chi connectivity index (χ3v) is 4.36. The highest BCUT2D eigenvalue weighted by atomic mass is 32.1. The van der Waals surface area contributed by atoms with Gasteiger partial charge >= 0.3 is 0 Å². The second-order valence-electron chi connectivity index (χ2n) is 4.57. The summed E-state index contributed by atoms with van der Waals surface area (Å²) in [6.07, 6.45) is 4.96. The van der Waals surface area contributed by atoms with Crippen LogP contribution in [-0.4, -0.2) is 9.97 Å². The number of pyridine rings is 1. The quantitative estimate of drug-likeness (QED) is 0.739. The molecular formula is C15H17N3S. The van der Waals surface area contributed by atoms with E-state index in [2.05, 4.69) is 45.8 Å². The highest BCUT2D eigenvalue weighted by Crippen LogP contribution is 2.23. The first kappa shape index (κ1) is 12.4. The van der Waals surface area contributed by atoms with Gasteiger partial charge < -0.3 is 10.3 Å². The highest BCUT2D eigenvalue weighted by Gasteiger charge is 2.11. The number of H-pyrrole nitrogens is 1. The average Bonchev–Trinajstić information content (AvgIpc) is 3.09. The fraction of sp³-hybridized carbons (Fsp3) is 0.267. The lowest BCUT2D eigenvalue weighted by Gasteiger charge is -2.15. The molecule has 3 rings (SSSR count). The van der Waals surface area contributed by atoms with Gasteiger partial charge in [-0.15, -0.1) is 11.3 Å². The fourth-order valence-electron chi connectivity index (χ4n) is 2.33. The molecule has 0 saturated heterocycles. The summed E-state index contributed by atoms with van der Waals surface area (Å²) in [7, 11) is 0. The molecule has 2 N–H and O–H groups in total. The van der Waals surface area contributed by atoms with Crippen LogP contribution >= 0.6 is 11.3 Å². The van der Waals surface area contributed by atoms with Crippen molar-refractivity contribution in [2.24, 2.45) is 0 Å². The lowest BCUT2D eigenvalue weighted by molar-refractivity contribution is 0.528. The molecule has 0 radical (unpaired) electrons. The first-order chi connectivity index (χ1) is 9.38. The van der Waals surface area contributed by atoms with E-state index >= 15 is 0 Å². The van der Waals surface area contributed by atoms with Crippen LogP contribution in [0.25, 0.3) is 11.0 Å². The molecule has 0 bridgehead atoms. The van der Waals surface area contributed by atoms with Crippen LogP contribution in [0.1, 0.15) is 29.8 Å². The van der Waals surface area contributed by atoms with E-state index in [0.29, 0.717) is 6.04 Å². The Morgan fingerprint density at radius 2 is 2.32 bits per heavy atom. The van der Waals surface area contributed by atoms with Gasteiger partial charge in [0.15, 0.2) is 0 Å². The van der Waals surface area contributed by atoms with Crippen molar-refractivity contribution in [1.29, 1.82) is 0 Å². The lowest BCUT2D eigenvalue weighted by Crippen LogP contribution is -2.19. The number of hydrogen-bond donors (Lipinski definition) is 2. The molecule has 0 saturated carbocycles. The standard InChI is InChI=1S/C15H17N3S/c1-2-13(14-6-4-8-19-14)17-9-11-10-18-15-12(11)5-3-7-16-15/h3-8,10,13,17H,2,9H2,1H3,(H,16,18). The van der Waals surface area contributed by atoms with Gasteiger partial charge in [-0.2, -0.15) is 0 Å². The number of aromatic nitrogens is 2. The number of hydrogen-bond acceptors (Lipinski definition) is 3. The Kier molecular flexibility index (Phi) is 3.62. The van der Waals surface area contributed by atoms with E-state index in [9.17, 15) is 0 Å². The zero-order valence-electron chi connectivity index (χ0n) is 10.9. The van der Waals surface area contributed by atoms with Crippen LogP contribution in [-0.2, 0) is 6.54 Å². The molecule has 3 aromatic rings. The minimum absolute atomic E-state index is 0.432. The van der Waals surface area contributed by atoms with Gasteiger partial charge in [-0.1, -0.05) is 13.0 Å². The van der Waals surface area contributed by atoms with Gasteiger partial charge in [0, 0.05) is 35.2 Å². The number of rotatable bonds is 5. The number of nitrogens with one attached hydrogen (secondary N) is 2. The van der Waals surface area contributed by atoms with Crippen molar-refractivity contribution >= 4 is 22.4 Å². The first-order valence-corrected chi connectivity index (χ1v) is 7.44. The van der Waals surface area contributed by atoms with Crippen LogP contribution in [0.5, 0.6) is 0 Å². The van der Waals surface area contributed by atoms with E-state index in [1.165, 1.54) is 15.8 Å². The van der Waals surface area contributed by atoms with E-state index in [0.717, 1.165) is 18.6 Å². The minimum Gasteiger partial charge on any atom is -0.346 e. The predicted molar refractivity (Wildman–Crippen MR) is 80.3 cm³/mol. The number of aromatic amines is 1. The van der Waals surface area contributed by atoms with Gasteiger partial charge in [0.1, 0.15) is 5.65 Å². The van der Waals surface area contributed by atoms with Crippen LogP contribution in [0.4, 0.5) is 0 Å². The largest absolute Gasteiger partial charge is 0.346 e. The van der Waals surface area contributed by atoms with Crippen LogP contribution in [0.3, 0.4) is 0 Å². The summed E-state index contributed by atoms with van der Waals surface area (Å²) in [6, 6.07) is 8.84. The van der Waals surface area contributed by atoms with E-state index in [-0.39, 0.29) is 0 Å². The summed E-state index contributed by atoms with van der Waals surface area (Å²) in [6.45, 7) is 3.08. The Morgan fingerprint density at radius 3 is 3.11 bits per heavy atom. The zero-order chi connectivity index (χ0) is 13.1. The third-order valence-electron chi connectivity index (χ3n) is 3.37. The van der Waals surface area contributed by atoms with Gasteiger partial charge in [0.2, 0.25) is 0 Å². The van der Waals surface area contributed by atoms with Gasteiger partial charge in [0.25, 0.3) is 0 Å². The maximum absolute atomic E-state index is 4.32. The molecule has 3 nitrogen and oxygen atoms in total. The topological polar surface area (TPSA) is 40.7 Å². The summed E-state index contributed by atoms with van der Waals surface area (Å²) in [5.41, 5.74) is 2.24. The van der Waals surface area contributed by atoms with Gasteiger partial charge in [0.05, 0.1) is 0 Å². The Bertz CT molecular complexity index is 642. The smallest absolute Gasteiger partial charge is 0.137 e. The molecule has 0 fully saturated rings. The number of nitrogens with zero attached hydrogens (tertiary/aromatic N) is 1. The molecule has 98 valence electrons. The van der Waals surface area contributed by atoms with Crippen molar-refractivity contribution in [2.45, 2.75) is 25.9 Å². The Labute approximate surface area is 116 Å². The molecule has 0 amide bonds. The average molecular weight is 271 g/mol. The molecular weight excluding hydrogens is 254 g/mol. The van der Waals surface area contributed by atoms with Gasteiger partial charge in [-0.25, -0.2) is 4.98 Å². The molecule has 0 spiro atoms. The van der Waals surface area contributed by atoms with Gasteiger partial charge in [-0.05, 0) is 35.6 Å². The molecule has 4 heteroatoms. The van der Waals surface area contributed by atoms with E-state index in [1.807, 2.05) is 29.8 Å². The number of fused-ring (bicyclic) bond motifs is 1. The molecule has 0 aliphatic carbocycles. The lowest BCUT2D eigenvalue weighted by atomic mass is 10.1. The van der Waals surface area contributed by atoms with Crippen molar-refractivity contribution in [3.63, 3.8) is 0 Å². The first-order valence-electron chi connectivity index (χ1n) is 6.56. The Balaban J connectivity index is 1.75. The van der Waals surface area contributed by atoms with Crippen molar-refractivity contribution in [2.75, 3.05) is 0 Å². The maximum Gasteiger partial charge on any atom is 0.137 e. The van der Waals surface area contributed by atoms with Crippen molar-refractivity contribution in [1.82, 2.24) is 15.3 Å². The normalized spacial score (nSPS) is 12.9. The van der Waals surface area contributed by atoms with E-state index in [1.54, 1.807) is 0 Å². The Hall–Kier alpha value is -1.65. The molecule has 3 aromatic heterocycles. The van der Waals surface area contributed by atoms with Crippen molar-refractivity contribution in [3.8, 4) is 0 Å². The molecule has 0 aliphatic heterocycles. The van der Waals surface area contributed by atoms with E-state index in [4.69, 9.17) is 0 Å². The van der Waals surface area contributed by atoms with Gasteiger partial charge in [-0.3, -0.25) is 0 Å². The zero-order valence-corrected chi connectivity index (χ0v) is 11.7. The predicted octanol–water partition coefficient (Wildman–Crippen LogP) is 3.87. The molecule has 0 aliphatic rings. The monoisotopic (exact) mass is 271 g/mol. The van der Waals surface area contributed by atoms with Crippen LogP contribution in [0.15, 0.2) is 42.0 Å². The van der Waals surface area contributed by atoms with Crippen LogP contribution in [0.2, 0.25) is 0 Å². The highest BCUT2D eigenvalue weighted by molar-refractivity contribution is 7.10. The van der Waals surface area contributed by atoms with Crippen molar-refractivity contribution < 1.29 is 0 Å².